The van der Waals surface area contributed by atoms with Crippen LogP contribution in [0.1, 0.15) is 22.3 Å². The summed E-state index contributed by atoms with van der Waals surface area (Å²) < 4.78 is 14.9. The summed E-state index contributed by atoms with van der Waals surface area (Å²) in [6.07, 6.45) is 6.21. The highest BCUT2D eigenvalue weighted by atomic mass is 19.1. The van der Waals surface area contributed by atoms with Crippen LogP contribution >= 0.6 is 0 Å². The highest BCUT2D eigenvalue weighted by Crippen LogP contribution is 2.30. The lowest BCUT2D eigenvalue weighted by Crippen LogP contribution is -2.34. The minimum Gasteiger partial charge on any atom is -0.360 e. The quantitative estimate of drug-likeness (QED) is 0.584. The molecule has 3 heterocycles. The van der Waals surface area contributed by atoms with Crippen molar-refractivity contribution in [2.45, 2.75) is 6.42 Å². The summed E-state index contributed by atoms with van der Waals surface area (Å²) in [5, 5.41) is 12.1. The lowest BCUT2D eigenvalue weighted by atomic mass is 9.98. The summed E-state index contributed by atoms with van der Waals surface area (Å²) in [7, 11) is 0. The van der Waals surface area contributed by atoms with Gasteiger partial charge in [-0.05, 0) is 58.8 Å². The van der Waals surface area contributed by atoms with Crippen molar-refractivity contribution in [2.75, 3.05) is 13.1 Å². The molecule has 4 aromatic rings. The number of carbonyl (C=O) groups is 1. The van der Waals surface area contributed by atoms with Crippen molar-refractivity contribution in [2.24, 2.45) is 0 Å². The standard InChI is InChI=1S/C21H17FN6O/c22-16-4-5-18-19(12-23-20(18)11-16)14-6-8-27(9-7-14)21(29)15-2-1-3-17(10-15)28-13-24-25-26-28/h1-6,10-13,23H,7-9H2. The van der Waals surface area contributed by atoms with Crippen molar-refractivity contribution in [1.29, 1.82) is 0 Å². The molecule has 29 heavy (non-hydrogen) atoms. The molecular formula is C21H17FN6O. The van der Waals surface area contributed by atoms with Crippen LogP contribution in [0.15, 0.2) is 61.1 Å². The van der Waals surface area contributed by atoms with Crippen LogP contribution in [0.5, 0.6) is 0 Å². The lowest BCUT2D eigenvalue weighted by molar-refractivity contribution is 0.0773. The van der Waals surface area contributed by atoms with Gasteiger partial charge in [0.2, 0.25) is 0 Å². The molecule has 0 fully saturated rings. The maximum Gasteiger partial charge on any atom is 0.254 e. The number of hydrogen-bond acceptors (Lipinski definition) is 4. The van der Waals surface area contributed by atoms with E-state index >= 15 is 0 Å². The second-order valence-corrected chi connectivity index (χ2v) is 6.93. The first-order chi connectivity index (χ1) is 14.2. The molecule has 0 radical (unpaired) electrons. The molecule has 1 amide bonds. The van der Waals surface area contributed by atoms with Crippen LogP contribution in [0.25, 0.3) is 22.2 Å². The average Bonchev–Trinajstić information content (AvgIpc) is 3.43. The highest BCUT2D eigenvalue weighted by molar-refractivity contribution is 5.96. The number of fused-ring (bicyclic) bond motifs is 1. The van der Waals surface area contributed by atoms with E-state index in [9.17, 15) is 9.18 Å². The van der Waals surface area contributed by atoms with E-state index in [2.05, 4.69) is 26.6 Å². The number of nitrogens with one attached hydrogen (secondary N) is 1. The van der Waals surface area contributed by atoms with Gasteiger partial charge in [-0.1, -0.05) is 12.1 Å². The molecule has 1 aliphatic heterocycles. The molecule has 1 aliphatic rings. The molecule has 0 bridgehead atoms. The largest absolute Gasteiger partial charge is 0.360 e. The Morgan fingerprint density at radius 2 is 2.10 bits per heavy atom. The third-order valence-corrected chi connectivity index (χ3v) is 5.19. The minimum absolute atomic E-state index is 0.0313. The third kappa shape index (κ3) is 3.18. The van der Waals surface area contributed by atoms with Gasteiger partial charge in [0.25, 0.3) is 5.91 Å². The molecule has 8 heteroatoms. The average molecular weight is 388 g/mol. The van der Waals surface area contributed by atoms with E-state index in [-0.39, 0.29) is 11.7 Å². The maximum absolute atomic E-state index is 13.4. The van der Waals surface area contributed by atoms with Crippen molar-refractivity contribution in [3.8, 4) is 5.69 Å². The van der Waals surface area contributed by atoms with E-state index < -0.39 is 0 Å². The topological polar surface area (TPSA) is 79.7 Å². The fourth-order valence-electron chi connectivity index (χ4n) is 3.71. The van der Waals surface area contributed by atoms with Gasteiger partial charge in [-0.3, -0.25) is 4.79 Å². The van der Waals surface area contributed by atoms with E-state index in [1.807, 2.05) is 23.2 Å². The fraction of sp³-hybridized carbons (Fsp3) is 0.143. The fourth-order valence-corrected chi connectivity index (χ4v) is 3.71. The Hall–Kier alpha value is -3.81. The zero-order valence-corrected chi connectivity index (χ0v) is 15.4. The van der Waals surface area contributed by atoms with Gasteiger partial charge in [0.1, 0.15) is 12.1 Å². The van der Waals surface area contributed by atoms with Crippen molar-refractivity contribution in [3.05, 3.63) is 78.0 Å². The molecule has 0 saturated heterocycles. The number of rotatable bonds is 3. The Bertz CT molecular complexity index is 1230. The molecule has 2 aromatic heterocycles. The van der Waals surface area contributed by atoms with E-state index in [0.717, 1.165) is 34.1 Å². The van der Waals surface area contributed by atoms with Gasteiger partial charge >= 0.3 is 0 Å². The minimum atomic E-state index is -0.260. The Morgan fingerprint density at radius 1 is 1.17 bits per heavy atom. The zero-order chi connectivity index (χ0) is 19.8. The van der Waals surface area contributed by atoms with Crippen LogP contribution in [-0.2, 0) is 0 Å². The Morgan fingerprint density at radius 3 is 2.90 bits per heavy atom. The molecule has 7 nitrogen and oxygen atoms in total. The lowest BCUT2D eigenvalue weighted by Gasteiger charge is -2.26. The van der Waals surface area contributed by atoms with Crippen LogP contribution in [0, 0.1) is 5.82 Å². The number of amides is 1. The normalized spacial score (nSPS) is 14.2. The Kier molecular flexibility index (Phi) is 4.16. The van der Waals surface area contributed by atoms with Gasteiger partial charge in [0.05, 0.1) is 5.69 Å². The molecule has 0 saturated carbocycles. The SMILES string of the molecule is O=C(c1cccc(-n2cnnn2)c1)N1CC=C(c2c[nH]c3cc(F)ccc23)CC1. The monoisotopic (exact) mass is 388 g/mol. The number of tetrazole rings is 1. The predicted octanol–water partition coefficient (Wildman–Crippen LogP) is 3.21. The van der Waals surface area contributed by atoms with Crippen molar-refractivity contribution in [1.82, 2.24) is 30.1 Å². The van der Waals surface area contributed by atoms with Crippen LogP contribution in [0.3, 0.4) is 0 Å². The van der Waals surface area contributed by atoms with Crippen molar-refractivity contribution >= 4 is 22.4 Å². The van der Waals surface area contributed by atoms with Crippen molar-refractivity contribution < 1.29 is 9.18 Å². The van der Waals surface area contributed by atoms with Crippen LogP contribution in [0.2, 0.25) is 0 Å². The number of carbonyl (C=O) groups excluding carboxylic acids is 1. The summed E-state index contributed by atoms with van der Waals surface area (Å²) in [5.74, 6) is -0.291. The molecule has 0 spiro atoms. The summed E-state index contributed by atoms with van der Waals surface area (Å²) in [6, 6.07) is 12.0. The molecular weight excluding hydrogens is 371 g/mol. The highest BCUT2D eigenvalue weighted by Gasteiger charge is 2.21. The molecule has 0 atom stereocenters. The summed E-state index contributed by atoms with van der Waals surface area (Å²) in [5.41, 5.74) is 4.33. The van der Waals surface area contributed by atoms with Gasteiger partial charge in [0, 0.05) is 41.3 Å². The smallest absolute Gasteiger partial charge is 0.254 e. The number of halogens is 1. The number of aromatic amines is 1. The Labute approximate surface area is 165 Å². The summed E-state index contributed by atoms with van der Waals surface area (Å²) >= 11 is 0. The third-order valence-electron chi connectivity index (χ3n) is 5.19. The maximum atomic E-state index is 13.4. The number of aromatic nitrogens is 5. The Balaban J connectivity index is 1.36. The number of hydrogen-bond donors (Lipinski definition) is 1. The van der Waals surface area contributed by atoms with Gasteiger partial charge in [-0.25, -0.2) is 9.07 Å². The first-order valence-corrected chi connectivity index (χ1v) is 9.28. The van der Waals surface area contributed by atoms with Gasteiger partial charge in [-0.2, -0.15) is 0 Å². The zero-order valence-electron chi connectivity index (χ0n) is 15.4. The van der Waals surface area contributed by atoms with Gasteiger partial charge in [0.15, 0.2) is 0 Å². The van der Waals surface area contributed by atoms with Crippen LogP contribution < -0.4 is 0 Å². The first-order valence-electron chi connectivity index (χ1n) is 9.28. The van der Waals surface area contributed by atoms with Gasteiger partial charge in [-0.15, -0.1) is 5.10 Å². The number of nitrogens with zero attached hydrogens (tertiary/aromatic N) is 5. The van der Waals surface area contributed by atoms with E-state index in [1.165, 1.54) is 23.1 Å². The summed E-state index contributed by atoms with van der Waals surface area (Å²) in [4.78, 5) is 17.9. The van der Waals surface area contributed by atoms with E-state index in [1.54, 1.807) is 18.2 Å². The molecule has 1 N–H and O–H groups in total. The van der Waals surface area contributed by atoms with Crippen LogP contribution in [0.4, 0.5) is 4.39 Å². The van der Waals surface area contributed by atoms with Crippen molar-refractivity contribution in [3.63, 3.8) is 0 Å². The molecule has 0 aliphatic carbocycles. The predicted molar refractivity (Wildman–Crippen MR) is 106 cm³/mol. The number of benzene rings is 2. The number of H-pyrrole nitrogens is 1. The second kappa shape index (κ2) is 6.97. The summed E-state index contributed by atoms with van der Waals surface area (Å²) in [6.45, 7) is 1.14. The van der Waals surface area contributed by atoms with E-state index in [4.69, 9.17) is 0 Å². The molecule has 0 unspecified atom stereocenters. The molecule has 2 aromatic carbocycles. The first kappa shape index (κ1) is 17.3. The van der Waals surface area contributed by atoms with Gasteiger partial charge < -0.3 is 9.88 Å². The second-order valence-electron chi connectivity index (χ2n) is 6.93. The molecule has 144 valence electrons. The van der Waals surface area contributed by atoms with Crippen LogP contribution in [-0.4, -0.2) is 49.1 Å². The van der Waals surface area contributed by atoms with E-state index in [0.29, 0.717) is 18.7 Å². The molecule has 5 rings (SSSR count).